The number of pyridine rings is 1. The van der Waals surface area contributed by atoms with E-state index in [1.54, 1.807) is 16.4 Å². The molecule has 1 saturated heterocycles. The molecule has 6 nitrogen and oxygen atoms in total. The van der Waals surface area contributed by atoms with Gasteiger partial charge in [-0.1, -0.05) is 18.7 Å². The lowest BCUT2D eigenvalue weighted by molar-refractivity contribution is 0.306. The summed E-state index contributed by atoms with van der Waals surface area (Å²) < 4.78 is 28.3. The number of piperazine rings is 1. The molecule has 2 aliphatic rings. The molecule has 0 bridgehead atoms. The van der Waals surface area contributed by atoms with Crippen LogP contribution in [0.3, 0.4) is 0 Å². The van der Waals surface area contributed by atoms with Crippen molar-refractivity contribution in [2.45, 2.75) is 43.5 Å². The molecule has 29 heavy (non-hydrogen) atoms. The van der Waals surface area contributed by atoms with Crippen molar-refractivity contribution in [1.82, 2.24) is 9.29 Å². The maximum Gasteiger partial charge on any atom is 0.243 e. The number of rotatable bonds is 4. The van der Waals surface area contributed by atoms with Gasteiger partial charge in [0.15, 0.2) is 0 Å². The van der Waals surface area contributed by atoms with Gasteiger partial charge in [-0.2, -0.15) is 4.31 Å². The van der Waals surface area contributed by atoms with Crippen molar-refractivity contribution in [3.05, 3.63) is 65.6 Å². The second kappa shape index (κ2) is 7.46. The number of hydrogen-bond donors (Lipinski definition) is 1. The minimum atomic E-state index is -3.62. The average Bonchev–Trinajstić information content (AvgIpc) is 3.12. The van der Waals surface area contributed by atoms with E-state index in [0.29, 0.717) is 19.6 Å². The lowest BCUT2D eigenvalue weighted by Crippen LogP contribution is -2.54. The van der Waals surface area contributed by atoms with Crippen LogP contribution in [0.4, 0.5) is 5.82 Å². The Balaban J connectivity index is 1.56. The highest BCUT2D eigenvalue weighted by molar-refractivity contribution is 7.89. The van der Waals surface area contributed by atoms with Gasteiger partial charge in [0.1, 0.15) is 5.82 Å². The molecule has 0 amide bonds. The van der Waals surface area contributed by atoms with E-state index in [1.807, 2.05) is 38.2 Å². The molecule has 1 N–H and O–H groups in total. The van der Waals surface area contributed by atoms with Crippen LogP contribution in [0.2, 0.25) is 0 Å². The van der Waals surface area contributed by atoms with Crippen LogP contribution in [0.25, 0.3) is 0 Å². The molecule has 1 unspecified atom stereocenters. The number of aliphatic hydroxyl groups is 1. The number of aromatic nitrogens is 1. The fraction of sp³-hybridized carbons (Fsp3) is 0.409. The maximum atomic E-state index is 13.4. The Morgan fingerprint density at radius 2 is 2.03 bits per heavy atom. The number of aryl methyl sites for hydroxylation is 2. The Morgan fingerprint density at radius 1 is 1.24 bits per heavy atom. The Kier molecular flexibility index (Phi) is 5.12. The molecule has 2 atom stereocenters. The highest BCUT2D eigenvalue weighted by atomic mass is 32.2. The van der Waals surface area contributed by atoms with Crippen LogP contribution >= 0.6 is 0 Å². The number of benzene rings is 1. The van der Waals surface area contributed by atoms with Crippen LogP contribution in [0.1, 0.15) is 36.0 Å². The van der Waals surface area contributed by atoms with Crippen LogP contribution in [-0.2, 0) is 16.4 Å². The van der Waals surface area contributed by atoms with E-state index < -0.39 is 10.0 Å². The highest BCUT2D eigenvalue weighted by Crippen LogP contribution is 2.38. The van der Waals surface area contributed by atoms with Crippen molar-refractivity contribution in [3.8, 4) is 0 Å². The molecule has 0 saturated carbocycles. The molecular weight excluding hydrogens is 386 g/mol. The molecule has 1 aromatic heterocycles. The highest BCUT2D eigenvalue weighted by Gasteiger charge is 2.35. The van der Waals surface area contributed by atoms with E-state index in [2.05, 4.69) is 16.5 Å². The molecule has 2 heterocycles. The number of anilines is 1. The zero-order valence-corrected chi connectivity index (χ0v) is 17.7. The van der Waals surface area contributed by atoms with E-state index in [0.717, 1.165) is 35.3 Å². The third-order valence-electron chi connectivity index (χ3n) is 5.99. The molecule has 0 radical (unpaired) electrons. The second-order valence-corrected chi connectivity index (χ2v) is 9.94. The summed E-state index contributed by atoms with van der Waals surface area (Å²) in [5.41, 5.74) is 3.07. The first-order chi connectivity index (χ1) is 13.8. The quantitative estimate of drug-likeness (QED) is 0.778. The Labute approximate surface area is 172 Å². The summed E-state index contributed by atoms with van der Waals surface area (Å²) in [4.78, 5) is 6.89. The van der Waals surface area contributed by atoms with E-state index in [1.165, 1.54) is 0 Å². The molecule has 4 rings (SSSR count). The van der Waals surface area contributed by atoms with E-state index in [-0.39, 0.29) is 22.6 Å². The monoisotopic (exact) mass is 413 g/mol. The molecule has 1 aliphatic carbocycles. The second-order valence-electron chi connectivity index (χ2n) is 8.05. The van der Waals surface area contributed by atoms with Gasteiger partial charge in [0.05, 0.1) is 10.7 Å². The molecule has 2 aromatic rings. The molecule has 1 aliphatic heterocycles. The van der Waals surface area contributed by atoms with Gasteiger partial charge in [-0.3, -0.25) is 0 Å². The number of aliphatic hydroxyl groups excluding tert-OH is 1. The SMILES string of the molecule is C=C(O)C1CCc2ccc(S(=O)(=O)N3CCN(c4ccc(C)cn4)C[C@@H]3C)cc21. The standard InChI is InChI=1S/C22H27N3O3S/c1-15-4-9-22(23-13-15)24-10-11-25(16(2)14-24)29(27,28)19-7-5-18-6-8-20(17(3)26)21(18)12-19/h4-5,7,9,12-13,16,20,26H,3,6,8,10-11,14H2,1-2H3/t16-,20?/m0/s1. The predicted molar refractivity (Wildman–Crippen MR) is 114 cm³/mol. The van der Waals surface area contributed by atoms with Gasteiger partial charge >= 0.3 is 0 Å². The van der Waals surface area contributed by atoms with E-state index in [9.17, 15) is 13.5 Å². The average molecular weight is 414 g/mol. The summed E-state index contributed by atoms with van der Waals surface area (Å²) in [5.74, 6) is 0.800. The normalized spacial score (nSPS) is 22.5. The third-order valence-corrected chi connectivity index (χ3v) is 8.00. The van der Waals surface area contributed by atoms with Crippen molar-refractivity contribution >= 4 is 15.8 Å². The molecule has 0 spiro atoms. The summed E-state index contributed by atoms with van der Waals surface area (Å²) in [6.45, 7) is 9.19. The summed E-state index contributed by atoms with van der Waals surface area (Å²) >= 11 is 0. The smallest absolute Gasteiger partial charge is 0.243 e. The number of nitrogens with zero attached hydrogens (tertiary/aromatic N) is 3. The minimum absolute atomic E-state index is 0.103. The van der Waals surface area contributed by atoms with Gasteiger partial charge in [0, 0.05) is 37.8 Å². The number of hydrogen-bond acceptors (Lipinski definition) is 5. The third kappa shape index (κ3) is 3.65. The first kappa shape index (κ1) is 19.9. The summed E-state index contributed by atoms with van der Waals surface area (Å²) in [7, 11) is -3.62. The van der Waals surface area contributed by atoms with Gasteiger partial charge in [-0.25, -0.2) is 13.4 Å². The Morgan fingerprint density at radius 3 is 2.69 bits per heavy atom. The van der Waals surface area contributed by atoms with Gasteiger partial charge in [-0.15, -0.1) is 0 Å². The number of allylic oxidation sites excluding steroid dienone is 1. The van der Waals surface area contributed by atoms with Gasteiger partial charge in [-0.05, 0) is 61.6 Å². The van der Waals surface area contributed by atoms with Crippen molar-refractivity contribution in [2.24, 2.45) is 0 Å². The van der Waals surface area contributed by atoms with Crippen molar-refractivity contribution < 1.29 is 13.5 Å². The van der Waals surface area contributed by atoms with Gasteiger partial charge in [0.2, 0.25) is 10.0 Å². The zero-order chi connectivity index (χ0) is 20.8. The van der Waals surface area contributed by atoms with Crippen LogP contribution in [0.5, 0.6) is 0 Å². The lowest BCUT2D eigenvalue weighted by atomic mass is 10.0. The van der Waals surface area contributed by atoms with E-state index >= 15 is 0 Å². The molecular formula is C22H27N3O3S. The van der Waals surface area contributed by atoms with Crippen molar-refractivity contribution in [2.75, 3.05) is 24.5 Å². The fourth-order valence-electron chi connectivity index (χ4n) is 4.38. The predicted octanol–water partition coefficient (Wildman–Crippen LogP) is 3.39. The topological polar surface area (TPSA) is 73.7 Å². The van der Waals surface area contributed by atoms with Crippen LogP contribution in [0.15, 0.2) is 53.8 Å². The van der Waals surface area contributed by atoms with Crippen LogP contribution < -0.4 is 4.90 Å². The summed E-state index contributed by atoms with van der Waals surface area (Å²) in [5, 5.41) is 9.87. The Hall–Kier alpha value is -2.38. The maximum absolute atomic E-state index is 13.4. The Bertz CT molecular complexity index is 1030. The molecule has 154 valence electrons. The fourth-order valence-corrected chi connectivity index (χ4v) is 6.02. The lowest BCUT2D eigenvalue weighted by Gasteiger charge is -2.39. The minimum Gasteiger partial charge on any atom is -0.512 e. The van der Waals surface area contributed by atoms with Crippen LogP contribution in [0, 0.1) is 6.92 Å². The van der Waals surface area contributed by atoms with E-state index in [4.69, 9.17) is 0 Å². The summed E-state index contributed by atoms with van der Waals surface area (Å²) in [6.07, 6.45) is 3.43. The number of fused-ring (bicyclic) bond motifs is 1. The first-order valence-corrected chi connectivity index (χ1v) is 11.4. The number of sulfonamides is 1. The first-order valence-electron chi connectivity index (χ1n) is 9.97. The van der Waals surface area contributed by atoms with Crippen molar-refractivity contribution in [3.63, 3.8) is 0 Å². The van der Waals surface area contributed by atoms with Gasteiger partial charge in [0.25, 0.3) is 0 Å². The van der Waals surface area contributed by atoms with Crippen molar-refractivity contribution in [1.29, 1.82) is 0 Å². The molecule has 1 fully saturated rings. The summed E-state index contributed by atoms with van der Waals surface area (Å²) in [6, 6.07) is 9.12. The molecule has 7 heteroatoms. The van der Waals surface area contributed by atoms with Gasteiger partial charge < -0.3 is 10.0 Å². The molecule has 1 aromatic carbocycles. The van der Waals surface area contributed by atoms with Crippen LogP contribution in [-0.4, -0.2) is 48.5 Å². The largest absolute Gasteiger partial charge is 0.512 e. The zero-order valence-electron chi connectivity index (χ0n) is 16.9.